The Morgan fingerprint density at radius 2 is 2.17 bits per heavy atom. The fourth-order valence-electron chi connectivity index (χ4n) is 1.70. The Morgan fingerprint density at radius 3 is 2.78 bits per heavy atom. The first-order chi connectivity index (χ1) is 8.45. The van der Waals surface area contributed by atoms with Gasteiger partial charge in [0.25, 0.3) is 0 Å². The van der Waals surface area contributed by atoms with E-state index < -0.39 is 0 Å². The number of nitrogens with one attached hydrogen (secondary N) is 1. The maximum Gasteiger partial charge on any atom is 0.319 e. The van der Waals surface area contributed by atoms with E-state index in [1.54, 1.807) is 13.0 Å². The van der Waals surface area contributed by atoms with Crippen molar-refractivity contribution in [2.45, 2.75) is 26.2 Å². The summed E-state index contributed by atoms with van der Waals surface area (Å²) in [5.74, 6) is -0.515. The molecule has 0 aliphatic heterocycles. The largest absolute Gasteiger partial charge is 0.465 e. The van der Waals surface area contributed by atoms with Crippen LogP contribution in [-0.2, 0) is 14.9 Å². The minimum Gasteiger partial charge on any atom is -0.465 e. The molecule has 0 radical (unpaired) electrons. The van der Waals surface area contributed by atoms with Gasteiger partial charge >= 0.3 is 5.97 Å². The highest BCUT2D eigenvalue weighted by molar-refractivity contribution is 5.71. The molecule has 1 rings (SSSR count). The quantitative estimate of drug-likeness (QED) is 0.790. The van der Waals surface area contributed by atoms with Crippen LogP contribution in [-0.4, -0.2) is 25.7 Å². The van der Waals surface area contributed by atoms with Crippen LogP contribution in [0.5, 0.6) is 0 Å². The Hall–Kier alpha value is -1.42. The standard InChI is InChI=1S/C14H20FNO2/c1-4-18-13(17)9-16-10-14(2,3)11-6-5-7-12(15)8-11/h5-8,16H,4,9-10H2,1-3H3. The van der Waals surface area contributed by atoms with E-state index in [0.29, 0.717) is 13.2 Å². The van der Waals surface area contributed by atoms with Crippen molar-refractivity contribution in [3.8, 4) is 0 Å². The van der Waals surface area contributed by atoms with Gasteiger partial charge in [-0.2, -0.15) is 0 Å². The van der Waals surface area contributed by atoms with Crippen LogP contribution < -0.4 is 5.32 Å². The SMILES string of the molecule is CCOC(=O)CNCC(C)(C)c1cccc(F)c1. The number of ether oxygens (including phenoxy) is 1. The second kappa shape index (κ2) is 6.50. The lowest BCUT2D eigenvalue weighted by molar-refractivity contribution is -0.142. The molecular weight excluding hydrogens is 233 g/mol. The number of halogens is 1. The van der Waals surface area contributed by atoms with Gasteiger partial charge in [-0.15, -0.1) is 0 Å². The van der Waals surface area contributed by atoms with Gasteiger partial charge in [0.1, 0.15) is 5.82 Å². The van der Waals surface area contributed by atoms with E-state index in [9.17, 15) is 9.18 Å². The summed E-state index contributed by atoms with van der Waals surface area (Å²) in [5.41, 5.74) is 0.660. The average Bonchev–Trinajstić information content (AvgIpc) is 2.29. The summed E-state index contributed by atoms with van der Waals surface area (Å²) >= 11 is 0. The number of carbonyl (C=O) groups excluding carboxylic acids is 1. The Morgan fingerprint density at radius 1 is 1.44 bits per heavy atom. The van der Waals surface area contributed by atoms with Crippen molar-refractivity contribution in [3.63, 3.8) is 0 Å². The molecule has 4 heteroatoms. The zero-order chi connectivity index (χ0) is 13.6. The third-order valence-electron chi connectivity index (χ3n) is 2.75. The summed E-state index contributed by atoms with van der Waals surface area (Å²) in [7, 11) is 0. The van der Waals surface area contributed by atoms with Crippen molar-refractivity contribution in [1.29, 1.82) is 0 Å². The molecule has 0 amide bonds. The lowest BCUT2D eigenvalue weighted by Gasteiger charge is -2.25. The van der Waals surface area contributed by atoms with Crippen LogP contribution >= 0.6 is 0 Å². The normalized spacial score (nSPS) is 11.3. The van der Waals surface area contributed by atoms with Crippen LogP contribution in [0.1, 0.15) is 26.3 Å². The molecule has 0 aromatic heterocycles. The summed E-state index contributed by atoms with van der Waals surface area (Å²) in [6.45, 7) is 6.91. The predicted octanol–water partition coefficient (Wildman–Crippen LogP) is 2.26. The zero-order valence-electron chi connectivity index (χ0n) is 11.1. The molecule has 0 aliphatic carbocycles. The van der Waals surface area contributed by atoms with Crippen LogP contribution in [0, 0.1) is 5.82 Å². The molecule has 0 atom stereocenters. The molecule has 1 aromatic rings. The topological polar surface area (TPSA) is 38.3 Å². The Bertz CT molecular complexity index is 405. The summed E-state index contributed by atoms with van der Waals surface area (Å²) in [6.07, 6.45) is 0. The molecule has 0 saturated carbocycles. The number of esters is 1. The number of hydrogen-bond donors (Lipinski definition) is 1. The van der Waals surface area contributed by atoms with Crippen molar-refractivity contribution in [2.75, 3.05) is 19.7 Å². The van der Waals surface area contributed by atoms with Gasteiger partial charge < -0.3 is 10.1 Å². The van der Waals surface area contributed by atoms with Gasteiger partial charge in [0.15, 0.2) is 0 Å². The van der Waals surface area contributed by atoms with Gasteiger partial charge in [-0.25, -0.2) is 4.39 Å². The van der Waals surface area contributed by atoms with Gasteiger partial charge in [-0.1, -0.05) is 26.0 Å². The Kier molecular flexibility index (Phi) is 5.28. The van der Waals surface area contributed by atoms with Crippen molar-refractivity contribution in [3.05, 3.63) is 35.6 Å². The van der Waals surface area contributed by atoms with E-state index in [0.717, 1.165) is 5.56 Å². The molecule has 0 bridgehead atoms. The highest BCUT2D eigenvalue weighted by atomic mass is 19.1. The fraction of sp³-hybridized carbons (Fsp3) is 0.500. The van der Waals surface area contributed by atoms with Gasteiger partial charge in [-0.3, -0.25) is 4.79 Å². The van der Waals surface area contributed by atoms with Crippen LogP contribution in [0.15, 0.2) is 24.3 Å². The number of carbonyl (C=O) groups is 1. The van der Waals surface area contributed by atoms with E-state index in [-0.39, 0.29) is 23.7 Å². The van der Waals surface area contributed by atoms with E-state index in [1.807, 2.05) is 19.9 Å². The first-order valence-corrected chi connectivity index (χ1v) is 6.08. The minimum atomic E-state index is -0.271. The first kappa shape index (κ1) is 14.6. The van der Waals surface area contributed by atoms with Gasteiger partial charge in [0.05, 0.1) is 13.2 Å². The van der Waals surface area contributed by atoms with Crippen molar-refractivity contribution in [1.82, 2.24) is 5.32 Å². The van der Waals surface area contributed by atoms with Gasteiger partial charge in [-0.05, 0) is 24.6 Å². The zero-order valence-corrected chi connectivity index (χ0v) is 11.1. The molecule has 1 aromatic carbocycles. The molecular formula is C14H20FNO2. The number of hydrogen-bond acceptors (Lipinski definition) is 3. The van der Waals surface area contributed by atoms with E-state index in [4.69, 9.17) is 4.74 Å². The number of benzene rings is 1. The molecule has 0 aliphatic rings. The minimum absolute atomic E-state index is 0.173. The highest BCUT2D eigenvalue weighted by Crippen LogP contribution is 2.22. The van der Waals surface area contributed by atoms with E-state index in [2.05, 4.69) is 5.32 Å². The molecule has 1 N–H and O–H groups in total. The fourth-order valence-corrected chi connectivity index (χ4v) is 1.70. The first-order valence-electron chi connectivity index (χ1n) is 6.08. The maximum absolute atomic E-state index is 13.2. The second-order valence-corrected chi connectivity index (χ2v) is 4.80. The Labute approximate surface area is 107 Å². The molecule has 0 heterocycles. The lowest BCUT2D eigenvalue weighted by atomic mass is 9.84. The third kappa shape index (κ3) is 4.45. The molecule has 0 spiro atoms. The third-order valence-corrected chi connectivity index (χ3v) is 2.75. The van der Waals surface area contributed by atoms with E-state index in [1.165, 1.54) is 12.1 Å². The van der Waals surface area contributed by atoms with Crippen molar-refractivity contribution < 1.29 is 13.9 Å². The van der Waals surface area contributed by atoms with E-state index >= 15 is 0 Å². The molecule has 3 nitrogen and oxygen atoms in total. The molecule has 0 unspecified atom stereocenters. The lowest BCUT2D eigenvalue weighted by Crippen LogP contribution is -2.36. The van der Waals surface area contributed by atoms with Crippen LogP contribution in [0.25, 0.3) is 0 Å². The summed E-state index contributed by atoms with van der Waals surface area (Å²) in [6, 6.07) is 6.52. The van der Waals surface area contributed by atoms with Gasteiger partial charge in [0, 0.05) is 12.0 Å². The smallest absolute Gasteiger partial charge is 0.319 e. The molecule has 0 fully saturated rings. The molecule has 18 heavy (non-hydrogen) atoms. The molecule has 100 valence electrons. The summed E-state index contributed by atoms with van der Waals surface area (Å²) in [4.78, 5) is 11.2. The predicted molar refractivity (Wildman–Crippen MR) is 68.9 cm³/mol. The number of rotatable bonds is 6. The second-order valence-electron chi connectivity index (χ2n) is 4.80. The highest BCUT2D eigenvalue weighted by Gasteiger charge is 2.20. The van der Waals surface area contributed by atoms with Crippen molar-refractivity contribution in [2.24, 2.45) is 0 Å². The van der Waals surface area contributed by atoms with Crippen molar-refractivity contribution >= 4 is 5.97 Å². The monoisotopic (exact) mass is 253 g/mol. The van der Waals surface area contributed by atoms with Crippen LogP contribution in [0.2, 0.25) is 0 Å². The van der Waals surface area contributed by atoms with Crippen LogP contribution in [0.3, 0.4) is 0 Å². The Balaban J connectivity index is 2.52. The summed E-state index contributed by atoms with van der Waals surface area (Å²) < 4.78 is 18.0. The molecule has 0 saturated heterocycles. The van der Waals surface area contributed by atoms with Crippen LogP contribution in [0.4, 0.5) is 4.39 Å². The van der Waals surface area contributed by atoms with Gasteiger partial charge in [0.2, 0.25) is 0 Å². The average molecular weight is 253 g/mol. The maximum atomic E-state index is 13.2. The summed E-state index contributed by atoms with van der Waals surface area (Å²) in [5, 5.41) is 3.03.